The van der Waals surface area contributed by atoms with Gasteiger partial charge in [-0.05, 0) is 32.6 Å². The highest BCUT2D eigenvalue weighted by Gasteiger charge is 2.42. The normalized spacial score (nSPS) is 24.0. The molecule has 11 heteroatoms. The first-order valence-electron chi connectivity index (χ1n) is 11.2. The Bertz CT molecular complexity index is 757. The molecule has 32 heavy (non-hydrogen) atoms. The van der Waals surface area contributed by atoms with Crippen molar-refractivity contribution in [3.63, 3.8) is 0 Å². The third kappa shape index (κ3) is 5.76. The molecule has 2 saturated heterocycles. The van der Waals surface area contributed by atoms with Gasteiger partial charge in [-0.1, -0.05) is 13.8 Å². The molecule has 0 aromatic carbocycles. The van der Waals surface area contributed by atoms with Crippen LogP contribution in [0.3, 0.4) is 0 Å². The van der Waals surface area contributed by atoms with Crippen molar-refractivity contribution in [2.45, 2.75) is 71.1 Å². The van der Waals surface area contributed by atoms with Crippen LogP contribution in [0, 0.1) is 5.92 Å². The van der Waals surface area contributed by atoms with Gasteiger partial charge in [0.25, 0.3) is 0 Å². The third-order valence-electron chi connectivity index (χ3n) is 6.20. The molecule has 0 bridgehead atoms. The first kappa shape index (κ1) is 25.6. The Morgan fingerprint density at radius 2 is 1.69 bits per heavy atom. The lowest BCUT2D eigenvalue weighted by Gasteiger charge is -2.44. The van der Waals surface area contributed by atoms with Gasteiger partial charge in [0.15, 0.2) is 0 Å². The van der Waals surface area contributed by atoms with Gasteiger partial charge in [-0.25, -0.2) is 0 Å². The van der Waals surface area contributed by atoms with Gasteiger partial charge in [-0.15, -0.1) is 0 Å². The van der Waals surface area contributed by atoms with Crippen molar-refractivity contribution in [2.24, 2.45) is 17.4 Å². The number of hydrogen-bond acceptors (Lipinski definition) is 6. The number of hydrogen-bond donors (Lipinski definition) is 3. The largest absolute Gasteiger partial charge is 0.370 e. The fourth-order valence-electron chi connectivity index (χ4n) is 4.40. The van der Waals surface area contributed by atoms with Crippen LogP contribution in [-0.4, -0.2) is 94.6 Å². The molecule has 2 heterocycles. The maximum Gasteiger partial charge on any atom is 0.245 e. The van der Waals surface area contributed by atoms with Crippen LogP contribution in [0.5, 0.6) is 0 Å². The second kappa shape index (κ2) is 10.8. The number of primary amides is 2. The highest BCUT2D eigenvalue weighted by Crippen LogP contribution is 2.20. The lowest BCUT2D eigenvalue weighted by Crippen LogP contribution is -2.66. The number of amides is 5. The first-order chi connectivity index (χ1) is 15.0. The van der Waals surface area contributed by atoms with E-state index in [2.05, 4.69) is 5.32 Å². The summed E-state index contributed by atoms with van der Waals surface area (Å²) in [4.78, 5) is 66.5. The number of rotatable bonds is 9. The first-order valence-corrected chi connectivity index (χ1v) is 11.2. The Labute approximate surface area is 188 Å². The van der Waals surface area contributed by atoms with E-state index in [9.17, 15) is 24.0 Å². The lowest BCUT2D eigenvalue weighted by molar-refractivity contribution is -0.159. The summed E-state index contributed by atoms with van der Waals surface area (Å²) in [5, 5.41) is 3.21. The molecule has 2 fully saturated rings. The maximum absolute atomic E-state index is 13.2. The van der Waals surface area contributed by atoms with Crippen LogP contribution in [0.15, 0.2) is 0 Å². The van der Waals surface area contributed by atoms with E-state index in [1.54, 1.807) is 18.7 Å². The van der Waals surface area contributed by atoms with Crippen molar-refractivity contribution in [2.75, 3.05) is 26.2 Å². The molecule has 180 valence electrons. The van der Waals surface area contributed by atoms with Crippen molar-refractivity contribution in [1.29, 1.82) is 0 Å². The summed E-state index contributed by atoms with van der Waals surface area (Å²) in [5.41, 5.74) is 10.6. The van der Waals surface area contributed by atoms with E-state index in [0.29, 0.717) is 25.4 Å². The minimum Gasteiger partial charge on any atom is -0.370 e. The zero-order chi connectivity index (χ0) is 24.2. The van der Waals surface area contributed by atoms with Crippen LogP contribution in [0.4, 0.5) is 0 Å². The Kier molecular flexibility index (Phi) is 8.59. The number of carbonyl (C=O) groups excluding carboxylic acids is 5. The molecular weight excluding hydrogens is 416 g/mol. The van der Waals surface area contributed by atoms with Crippen molar-refractivity contribution in [1.82, 2.24) is 20.0 Å². The third-order valence-corrected chi connectivity index (χ3v) is 6.20. The quantitative estimate of drug-likeness (QED) is 0.382. The Hall–Kier alpha value is -2.69. The molecule has 0 saturated carbocycles. The van der Waals surface area contributed by atoms with Crippen LogP contribution in [0.2, 0.25) is 0 Å². The highest BCUT2D eigenvalue weighted by molar-refractivity contribution is 5.95. The number of nitrogens with zero attached hydrogens (tertiary/aromatic N) is 3. The second-order valence-electron chi connectivity index (χ2n) is 9.01. The molecule has 4 atom stereocenters. The number of piperazine rings is 2. The van der Waals surface area contributed by atoms with Crippen molar-refractivity contribution in [3.8, 4) is 0 Å². The van der Waals surface area contributed by atoms with Crippen LogP contribution < -0.4 is 16.8 Å². The van der Waals surface area contributed by atoms with Crippen LogP contribution in [-0.2, 0) is 24.0 Å². The molecule has 0 spiro atoms. The van der Waals surface area contributed by atoms with Gasteiger partial charge in [0, 0.05) is 32.6 Å². The fraction of sp³-hybridized carbons (Fsp3) is 0.762. The molecule has 0 unspecified atom stereocenters. The fourth-order valence-corrected chi connectivity index (χ4v) is 4.40. The number of carbonyl (C=O) groups is 5. The molecule has 2 rings (SSSR count). The van der Waals surface area contributed by atoms with Gasteiger partial charge in [-0.3, -0.25) is 24.0 Å². The maximum atomic E-state index is 13.2. The molecule has 0 aliphatic carbocycles. The standard InChI is InChI=1S/C21H36N6O5/c1-12(2)11-15-21(32)25(8-7-24-15)13(3)19(30)26-9-10-27(20(31)14(26)4)16(18(23)29)5-6-17(22)28/h12-16,24H,5-11H2,1-4H3,(H2,22,28)(H2,23,29)/t13-,14-,15-,16-/m0/s1. The Morgan fingerprint density at radius 3 is 2.25 bits per heavy atom. The summed E-state index contributed by atoms with van der Waals surface area (Å²) in [6, 6.07) is -2.81. The lowest BCUT2D eigenvalue weighted by atomic mass is 9.99. The van der Waals surface area contributed by atoms with Crippen molar-refractivity contribution in [3.05, 3.63) is 0 Å². The van der Waals surface area contributed by atoms with Crippen LogP contribution in [0.1, 0.15) is 47.0 Å². The van der Waals surface area contributed by atoms with E-state index >= 15 is 0 Å². The molecule has 0 aromatic heterocycles. The summed E-state index contributed by atoms with van der Waals surface area (Å²) >= 11 is 0. The molecule has 5 N–H and O–H groups in total. The van der Waals surface area contributed by atoms with Crippen molar-refractivity contribution >= 4 is 29.5 Å². The Balaban J connectivity index is 2.09. The zero-order valence-corrected chi connectivity index (χ0v) is 19.4. The van der Waals surface area contributed by atoms with Gasteiger partial charge in [0.2, 0.25) is 29.5 Å². The van der Waals surface area contributed by atoms with E-state index in [4.69, 9.17) is 11.5 Å². The monoisotopic (exact) mass is 452 g/mol. The van der Waals surface area contributed by atoms with Gasteiger partial charge in [0.05, 0.1) is 6.04 Å². The van der Waals surface area contributed by atoms with E-state index in [0.717, 1.165) is 0 Å². The predicted molar refractivity (Wildman–Crippen MR) is 117 cm³/mol. The van der Waals surface area contributed by atoms with Crippen LogP contribution in [0.25, 0.3) is 0 Å². The smallest absolute Gasteiger partial charge is 0.245 e. The summed E-state index contributed by atoms with van der Waals surface area (Å²) in [6.07, 6.45) is 0.651. The minimum absolute atomic E-state index is 0.0417. The summed E-state index contributed by atoms with van der Waals surface area (Å²) < 4.78 is 0. The minimum atomic E-state index is -0.960. The SMILES string of the molecule is CC(C)C[C@@H]1NCCN([C@@H](C)C(=O)N2CCN([C@@H](CCC(N)=O)C(N)=O)C(=O)[C@@H]2C)C1=O. The van der Waals surface area contributed by atoms with Crippen molar-refractivity contribution < 1.29 is 24.0 Å². The molecule has 2 aliphatic rings. The number of nitrogens with two attached hydrogens (primary N) is 2. The van der Waals surface area contributed by atoms with Gasteiger partial charge in [0.1, 0.15) is 18.1 Å². The summed E-state index contributed by atoms with van der Waals surface area (Å²) in [7, 11) is 0. The molecular formula is C21H36N6O5. The van der Waals surface area contributed by atoms with E-state index in [1.807, 2.05) is 13.8 Å². The molecule has 5 amide bonds. The van der Waals surface area contributed by atoms with E-state index in [1.165, 1.54) is 9.80 Å². The van der Waals surface area contributed by atoms with Crippen LogP contribution >= 0.6 is 0 Å². The molecule has 0 radical (unpaired) electrons. The van der Waals surface area contributed by atoms with E-state index < -0.39 is 35.8 Å². The predicted octanol–water partition coefficient (Wildman–Crippen LogP) is -1.60. The topological polar surface area (TPSA) is 159 Å². The summed E-state index contributed by atoms with van der Waals surface area (Å²) in [6.45, 7) is 8.68. The zero-order valence-electron chi connectivity index (χ0n) is 19.4. The second-order valence-corrected chi connectivity index (χ2v) is 9.01. The molecule has 0 aromatic rings. The van der Waals surface area contributed by atoms with Gasteiger partial charge < -0.3 is 31.5 Å². The number of nitrogens with one attached hydrogen (secondary N) is 1. The average molecular weight is 453 g/mol. The molecule has 11 nitrogen and oxygen atoms in total. The highest BCUT2D eigenvalue weighted by atomic mass is 16.2. The average Bonchev–Trinajstić information content (AvgIpc) is 2.71. The summed E-state index contributed by atoms with van der Waals surface area (Å²) in [5.74, 6) is -1.81. The molecule has 2 aliphatic heterocycles. The van der Waals surface area contributed by atoms with Gasteiger partial charge in [-0.2, -0.15) is 0 Å². The Morgan fingerprint density at radius 1 is 1.03 bits per heavy atom. The van der Waals surface area contributed by atoms with Gasteiger partial charge >= 0.3 is 0 Å². The van der Waals surface area contributed by atoms with E-state index in [-0.39, 0.29) is 43.8 Å².